The Balaban J connectivity index is 1.35. The highest BCUT2D eigenvalue weighted by Crippen LogP contribution is 2.34. The number of amides is 1. The summed E-state index contributed by atoms with van der Waals surface area (Å²) < 4.78 is 0. The molecule has 1 fully saturated rings. The first-order valence-corrected chi connectivity index (χ1v) is 10.9. The minimum atomic E-state index is -0.0484. The van der Waals surface area contributed by atoms with E-state index in [4.69, 9.17) is 5.10 Å². The summed E-state index contributed by atoms with van der Waals surface area (Å²) in [6.45, 7) is 6.19. The molecular formula is C24H31N5O. The Bertz CT molecular complexity index is 846. The second-order valence-corrected chi connectivity index (χ2v) is 8.11. The van der Waals surface area contributed by atoms with Crippen molar-refractivity contribution >= 4 is 17.3 Å². The smallest absolute Gasteiger partial charge is 0.267 e. The van der Waals surface area contributed by atoms with E-state index in [2.05, 4.69) is 34.3 Å². The molecule has 6 nitrogen and oxygen atoms in total. The number of hydrogen-bond acceptors (Lipinski definition) is 5. The van der Waals surface area contributed by atoms with Crippen molar-refractivity contribution in [2.24, 2.45) is 5.10 Å². The molecule has 2 aromatic rings. The van der Waals surface area contributed by atoms with E-state index in [-0.39, 0.29) is 11.9 Å². The Labute approximate surface area is 179 Å². The third-order valence-electron chi connectivity index (χ3n) is 5.91. The molecule has 6 heteroatoms. The summed E-state index contributed by atoms with van der Waals surface area (Å²) in [6.07, 6.45) is 1.58. The van der Waals surface area contributed by atoms with Crippen LogP contribution in [0.1, 0.15) is 24.4 Å². The van der Waals surface area contributed by atoms with Gasteiger partial charge in [-0.1, -0.05) is 48.5 Å². The average molecular weight is 406 g/mol. The average Bonchev–Trinajstić information content (AvgIpc) is 3.25. The third kappa shape index (κ3) is 5.07. The molecule has 0 aliphatic carbocycles. The Morgan fingerprint density at radius 3 is 2.37 bits per heavy atom. The van der Waals surface area contributed by atoms with Crippen LogP contribution in [0, 0.1) is 0 Å². The summed E-state index contributed by atoms with van der Waals surface area (Å²) in [5.74, 6) is -0.0484. The molecule has 2 aromatic carbocycles. The normalized spacial score (nSPS) is 20.2. The molecule has 2 heterocycles. The van der Waals surface area contributed by atoms with Gasteiger partial charge in [-0.15, -0.1) is 0 Å². The van der Waals surface area contributed by atoms with Gasteiger partial charge in [0, 0.05) is 39.1 Å². The fourth-order valence-corrected chi connectivity index (χ4v) is 4.08. The highest BCUT2D eigenvalue weighted by atomic mass is 16.2. The third-order valence-corrected chi connectivity index (χ3v) is 5.91. The number of carbonyl (C=O) groups excluding carboxylic acids is 1. The number of piperazine rings is 1. The van der Waals surface area contributed by atoms with Gasteiger partial charge in [-0.3, -0.25) is 9.80 Å². The van der Waals surface area contributed by atoms with Crippen molar-refractivity contribution in [1.29, 1.82) is 0 Å². The van der Waals surface area contributed by atoms with E-state index in [1.165, 1.54) is 5.56 Å². The number of nitrogens with zero attached hydrogens (tertiary/aromatic N) is 4. The number of hydrazone groups is 1. The summed E-state index contributed by atoms with van der Waals surface area (Å²) in [7, 11) is 2.17. The SMILES string of the molecule is CN1CCN(CCCNC(=O)C2=NN(c3ccccc3)C(c3ccccc3)C2)CC1. The van der Waals surface area contributed by atoms with Gasteiger partial charge in [0.25, 0.3) is 5.91 Å². The number of nitrogens with one attached hydrogen (secondary N) is 1. The summed E-state index contributed by atoms with van der Waals surface area (Å²) in [5, 5.41) is 9.78. The molecule has 0 radical (unpaired) electrons. The predicted octanol–water partition coefficient (Wildman–Crippen LogP) is 2.75. The highest BCUT2D eigenvalue weighted by molar-refractivity contribution is 6.39. The van der Waals surface area contributed by atoms with Crippen LogP contribution in [0.15, 0.2) is 65.8 Å². The van der Waals surface area contributed by atoms with E-state index in [0.29, 0.717) is 18.7 Å². The molecule has 1 atom stereocenters. The van der Waals surface area contributed by atoms with E-state index >= 15 is 0 Å². The van der Waals surface area contributed by atoms with Crippen LogP contribution in [0.2, 0.25) is 0 Å². The van der Waals surface area contributed by atoms with Gasteiger partial charge in [0.05, 0.1) is 11.7 Å². The molecule has 2 aliphatic heterocycles. The molecule has 30 heavy (non-hydrogen) atoms. The minimum absolute atomic E-state index is 0.0414. The van der Waals surface area contributed by atoms with Crippen LogP contribution in [0.5, 0.6) is 0 Å². The summed E-state index contributed by atoms with van der Waals surface area (Å²) >= 11 is 0. The topological polar surface area (TPSA) is 51.2 Å². The van der Waals surface area contributed by atoms with Crippen LogP contribution in [0.4, 0.5) is 5.69 Å². The van der Waals surface area contributed by atoms with Crippen molar-refractivity contribution in [3.8, 4) is 0 Å². The standard InChI is InChI=1S/C24H31N5O/c1-27-15-17-28(18-16-27)14-8-13-25-24(30)22-19-23(20-9-4-2-5-10-20)29(26-22)21-11-6-3-7-12-21/h2-7,9-12,23H,8,13-19H2,1H3,(H,25,30). The molecule has 0 spiro atoms. The second-order valence-electron chi connectivity index (χ2n) is 8.11. The van der Waals surface area contributed by atoms with Crippen molar-refractivity contribution in [1.82, 2.24) is 15.1 Å². The van der Waals surface area contributed by atoms with Gasteiger partial charge in [0.2, 0.25) is 0 Å². The fraction of sp³-hybridized carbons (Fsp3) is 0.417. The maximum Gasteiger partial charge on any atom is 0.267 e. The molecule has 4 rings (SSSR count). The van der Waals surface area contributed by atoms with E-state index < -0.39 is 0 Å². The Hall–Kier alpha value is -2.70. The first kappa shape index (κ1) is 20.6. The molecule has 2 aliphatic rings. The lowest BCUT2D eigenvalue weighted by Gasteiger charge is -2.32. The summed E-state index contributed by atoms with van der Waals surface area (Å²) in [4.78, 5) is 17.6. The zero-order valence-electron chi connectivity index (χ0n) is 17.7. The molecule has 0 aromatic heterocycles. The van der Waals surface area contributed by atoms with Gasteiger partial charge in [0.1, 0.15) is 5.71 Å². The van der Waals surface area contributed by atoms with Crippen molar-refractivity contribution in [3.05, 3.63) is 66.2 Å². The van der Waals surface area contributed by atoms with Gasteiger partial charge in [-0.25, -0.2) is 0 Å². The lowest BCUT2D eigenvalue weighted by atomic mass is 10.0. The van der Waals surface area contributed by atoms with Crippen LogP contribution < -0.4 is 10.3 Å². The van der Waals surface area contributed by atoms with Crippen LogP contribution in [-0.4, -0.2) is 67.7 Å². The van der Waals surface area contributed by atoms with Gasteiger partial charge < -0.3 is 15.1 Å². The van der Waals surface area contributed by atoms with E-state index in [9.17, 15) is 4.79 Å². The van der Waals surface area contributed by atoms with Crippen molar-refractivity contribution < 1.29 is 4.79 Å². The van der Waals surface area contributed by atoms with E-state index in [0.717, 1.165) is 44.8 Å². The zero-order chi connectivity index (χ0) is 20.8. The van der Waals surface area contributed by atoms with Gasteiger partial charge >= 0.3 is 0 Å². The molecule has 1 amide bonds. The number of likely N-dealkylation sites (N-methyl/N-ethyl adjacent to an activating group) is 1. The quantitative estimate of drug-likeness (QED) is 0.720. The predicted molar refractivity (Wildman–Crippen MR) is 122 cm³/mol. The van der Waals surface area contributed by atoms with Gasteiger partial charge in [0.15, 0.2) is 0 Å². The first-order chi connectivity index (χ1) is 14.7. The van der Waals surface area contributed by atoms with Gasteiger partial charge in [-0.2, -0.15) is 5.10 Å². The number of para-hydroxylation sites is 1. The first-order valence-electron chi connectivity index (χ1n) is 10.9. The monoisotopic (exact) mass is 405 g/mol. The van der Waals surface area contributed by atoms with E-state index in [1.54, 1.807) is 0 Å². The zero-order valence-corrected chi connectivity index (χ0v) is 17.7. The maximum absolute atomic E-state index is 12.8. The maximum atomic E-state index is 12.8. The molecule has 158 valence electrons. The molecular weight excluding hydrogens is 374 g/mol. The molecule has 1 saturated heterocycles. The minimum Gasteiger partial charge on any atom is -0.351 e. The number of rotatable bonds is 7. The Morgan fingerprint density at radius 1 is 1.00 bits per heavy atom. The number of hydrogen-bond donors (Lipinski definition) is 1. The molecule has 1 unspecified atom stereocenters. The molecule has 0 bridgehead atoms. The summed E-state index contributed by atoms with van der Waals surface area (Å²) in [5.41, 5.74) is 2.78. The number of benzene rings is 2. The molecule has 1 N–H and O–H groups in total. The van der Waals surface area contributed by atoms with Crippen LogP contribution in [0.25, 0.3) is 0 Å². The lowest BCUT2D eigenvalue weighted by molar-refractivity contribution is -0.114. The van der Waals surface area contributed by atoms with Crippen molar-refractivity contribution in [2.75, 3.05) is 51.3 Å². The second kappa shape index (κ2) is 9.87. The molecule has 0 saturated carbocycles. The number of carbonyl (C=O) groups is 1. The van der Waals surface area contributed by atoms with Crippen molar-refractivity contribution in [3.63, 3.8) is 0 Å². The number of anilines is 1. The van der Waals surface area contributed by atoms with E-state index in [1.807, 2.05) is 53.5 Å². The highest BCUT2D eigenvalue weighted by Gasteiger charge is 2.32. The largest absolute Gasteiger partial charge is 0.351 e. The van der Waals surface area contributed by atoms with Crippen LogP contribution in [0.3, 0.4) is 0 Å². The van der Waals surface area contributed by atoms with Crippen LogP contribution in [-0.2, 0) is 4.79 Å². The fourth-order valence-electron chi connectivity index (χ4n) is 4.08. The summed E-state index contributed by atoms with van der Waals surface area (Å²) in [6, 6.07) is 20.4. The van der Waals surface area contributed by atoms with Gasteiger partial charge in [-0.05, 0) is 37.7 Å². The van der Waals surface area contributed by atoms with Crippen LogP contribution >= 0.6 is 0 Å². The Kier molecular flexibility index (Phi) is 6.77. The lowest BCUT2D eigenvalue weighted by Crippen LogP contribution is -2.45. The Morgan fingerprint density at radius 2 is 1.67 bits per heavy atom. The van der Waals surface area contributed by atoms with Crippen molar-refractivity contribution in [2.45, 2.75) is 18.9 Å².